The van der Waals surface area contributed by atoms with Gasteiger partial charge in [-0.3, -0.25) is 4.79 Å². The van der Waals surface area contributed by atoms with Gasteiger partial charge in [-0.1, -0.05) is 11.6 Å². The monoisotopic (exact) mass is 311 g/mol. The first-order valence-electron chi connectivity index (χ1n) is 6.52. The minimum atomic E-state index is -0.577. The molecule has 1 aromatic rings. The third kappa shape index (κ3) is 2.69. The van der Waals surface area contributed by atoms with Crippen LogP contribution in [0.25, 0.3) is 6.08 Å². The molecule has 5 nitrogen and oxygen atoms in total. The van der Waals surface area contributed by atoms with E-state index in [1.165, 1.54) is 6.08 Å². The van der Waals surface area contributed by atoms with E-state index in [0.717, 1.165) is 5.76 Å². The molecule has 0 aromatic carbocycles. The summed E-state index contributed by atoms with van der Waals surface area (Å²) in [5.41, 5.74) is 0.693. The lowest BCUT2D eigenvalue weighted by molar-refractivity contribution is -0.118. The van der Waals surface area contributed by atoms with Gasteiger partial charge in [0, 0.05) is 11.1 Å². The Labute approximate surface area is 131 Å². The van der Waals surface area contributed by atoms with Crippen molar-refractivity contribution in [2.24, 2.45) is 15.9 Å². The Hall–Kier alpha value is -2.71. The lowest BCUT2D eigenvalue weighted by atomic mass is 9.96. The maximum Gasteiger partial charge on any atom is 0.260 e. The highest BCUT2D eigenvalue weighted by Crippen LogP contribution is 2.23. The molecule has 1 aliphatic heterocycles. The molecule has 2 heterocycles. The second-order valence-corrected chi connectivity index (χ2v) is 5.23. The van der Waals surface area contributed by atoms with Crippen molar-refractivity contribution < 1.29 is 9.21 Å². The molecule has 0 N–H and O–H groups in total. The van der Waals surface area contributed by atoms with Crippen molar-refractivity contribution in [3.8, 4) is 6.07 Å². The fourth-order valence-electron chi connectivity index (χ4n) is 2.14. The standard InChI is InChI=1S/C16H10ClN3O2/c1-9-2-4-12(22-9)6-10(8-18)15-19-14-5-3-11(17)7-13(14)16(21)20-15/h2-7,13H,1H3/b10-6+. The number of amidine groups is 1. The average molecular weight is 312 g/mol. The van der Waals surface area contributed by atoms with Gasteiger partial charge in [0.1, 0.15) is 29.1 Å². The molecule has 0 saturated carbocycles. The highest BCUT2D eigenvalue weighted by atomic mass is 35.5. The highest BCUT2D eigenvalue weighted by molar-refractivity contribution is 6.34. The number of carbonyl (C=O) groups excluding carboxylic acids is 1. The van der Waals surface area contributed by atoms with Crippen LogP contribution >= 0.6 is 11.6 Å². The number of nitrogens with zero attached hydrogens (tertiary/aromatic N) is 3. The van der Waals surface area contributed by atoms with E-state index in [0.29, 0.717) is 16.5 Å². The van der Waals surface area contributed by atoms with Crippen molar-refractivity contribution in [1.29, 1.82) is 5.26 Å². The molecule has 22 heavy (non-hydrogen) atoms. The third-order valence-electron chi connectivity index (χ3n) is 3.18. The number of fused-ring (bicyclic) bond motifs is 1. The van der Waals surface area contributed by atoms with E-state index in [9.17, 15) is 10.1 Å². The Balaban J connectivity index is 1.98. The molecule has 0 saturated heterocycles. The van der Waals surface area contributed by atoms with E-state index < -0.39 is 5.92 Å². The van der Waals surface area contributed by atoms with Crippen LogP contribution in [0.1, 0.15) is 11.5 Å². The summed E-state index contributed by atoms with van der Waals surface area (Å²) in [7, 11) is 0. The normalized spacial score (nSPS) is 20.8. The van der Waals surface area contributed by atoms with Gasteiger partial charge in [0.15, 0.2) is 5.84 Å². The number of halogens is 1. The average Bonchev–Trinajstić information content (AvgIpc) is 2.90. The molecule has 3 rings (SSSR count). The Morgan fingerprint density at radius 2 is 2.23 bits per heavy atom. The molecule has 0 fully saturated rings. The Kier molecular flexibility index (Phi) is 3.61. The quantitative estimate of drug-likeness (QED) is 0.787. The van der Waals surface area contributed by atoms with Crippen LogP contribution in [0.4, 0.5) is 0 Å². The molecule has 0 spiro atoms. The third-order valence-corrected chi connectivity index (χ3v) is 3.44. The number of nitriles is 1. The van der Waals surface area contributed by atoms with Crippen LogP contribution in [0.3, 0.4) is 0 Å². The first-order chi connectivity index (χ1) is 10.6. The molecular weight excluding hydrogens is 302 g/mol. The maximum atomic E-state index is 12.1. The van der Waals surface area contributed by atoms with Crippen molar-refractivity contribution >= 4 is 35.1 Å². The van der Waals surface area contributed by atoms with Crippen molar-refractivity contribution in [3.05, 3.63) is 52.5 Å². The largest absolute Gasteiger partial charge is 0.462 e. The fourth-order valence-corrected chi connectivity index (χ4v) is 2.32. The molecule has 1 amide bonds. The smallest absolute Gasteiger partial charge is 0.260 e. The summed E-state index contributed by atoms with van der Waals surface area (Å²) in [6, 6.07) is 5.52. The van der Waals surface area contributed by atoms with Gasteiger partial charge in [0.25, 0.3) is 5.91 Å². The summed E-state index contributed by atoms with van der Waals surface area (Å²) in [5.74, 6) is 0.357. The van der Waals surface area contributed by atoms with Gasteiger partial charge >= 0.3 is 0 Å². The molecule has 1 aromatic heterocycles. The molecule has 0 radical (unpaired) electrons. The molecule has 1 atom stereocenters. The maximum absolute atomic E-state index is 12.1. The Bertz CT molecular complexity index is 847. The zero-order valence-corrected chi connectivity index (χ0v) is 12.3. The van der Waals surface area contributed by atoms with Crippen molar-refractivity contribution in [3.63, 3.8) is 0 Å². The number of rotatable bonds is 2. The topological polar surface area (TPSA) is 78.7 Å². The number of furan rings is 1. The van der Waals surface area contributed by atoms with Gasteiger partial charge in [-0.05, 0) is 37.3 Å². The Morgan fingerprint density at radius 3 is 2.91 bits per heavy atom. The molecule has 1 aliphatic carbocycles. The second-order valence-electron chi connectivity index (χ2n) is 4.79. The molecule has 2 aliphatic rings. The van der Waals surface area contributed by atoms with E-state index in [4.69, 9.17) is 16.0 Å². The number of allylic oxidation sites excluding steroid dienone is 3. The lowest BCUT2D eigenvalue weighted by Crippen LogP contribution is -2.27. The van der Waals surface area contributed by atoms with E-state index in [1.807, 2.05) is 6.07 Å². The number of hydrogen-bond donors (Lipinski definition) is 0. The summed E-state index contributed by atoms with van der Waals surface area (Å²) >= 11 is 5.88. The number of aliphatic imine (C=N–C) groups is 2. The van der Waals surface area contributed by atoms with Gasteiger partial charge in [0.05, 0.1) is 5.71 Å². The number of carbonyl (C=O) groups is 1. The van der Waals surface area contributed by atoms with Crippen LogP contribution in [-0.2, 0) is 4.79 Å². The Morgan fingerprint density at radius 1 is 1.41 bits per heavy atom. The predicted octanol–water partition coefficient (Wildman–Crippen LogP) is 3.18. The summed E-state index contributed by atoms with van der Waals surface area (Å²) < 4.78 is 5.40. The van der Waals surface area contributed by atoms with E-state index in [1.54, 1.807) is 37.3 Å². The van der Waals surface area contributed by atoms with Gasteiger partial charge in [-0.25, -0.2) is 4.99 Å². The number of amides is 1. The summed E-state index contributed by atoms with van der Waals surface area (Å²) in [6.07, 6.45) is 6.41. The number of hydrogen-bond acceptors (Lipinski definition) is 4. The minimum Gasteiger partial charge on any atom is -0.462 e. The first kappa shape index (κ1) is 14.2. The van der Waals surface area contributed by atoms with Crippen molar-refractivity contribution in [1.82, 2.24) is 0 Å². The highest BCUT2D eigenvalue weighted by Gasteiger charge is 2.28. The zero-order valence-electron chi connectivity index (χ0n) is 11.6. The summed E-state index contributed by atoms with van der Waals surface area (Å²) in [5, 5.41) is 9.77. The molecule has 108 valence electrons. The van der Waals surface area contributed by atoms with Gasteiger partial charge in [-0.2, -0.15) is 10.3 Å². The van der Waals surface area contributed by atoms with Crippen LogP contribution in [0.2, 0.25) is 0 Å². The van der Waals surface area contributed by atoms with Crippen molar-refractivity contribution in [2.45, 2.75) is 6.92 Å². The first-order valence-corrected chi connectivity index (χ1v) is 6.90. The summed E-state index contributed by atoms with van der Waals surface area (Å²) in [4.78, 5) is 20.3. The second kappa shape index (κ2) is 5.58. The van der Waals surface area contributed by atoms with Crippen LogP contribution in [0, 0.1) is 24.2 Å². The molecule has 0 bridgehead atoms. The van der Waals surface area contributed by atoms with Gasteiger partial charge < -0.3 is 4.42 Å². The fraction of sp³-hybridized carbons (Fsp3) is 0.125. The van der Waals surface area contributed by atoms with Gasteiger partial charge in [-0.15, -0.1) is 0 Å². The number of aryl methyl sites for hydroxylation is 1. The van der Waals surface area contributed by atoms with Crippen molar-refractivity contribution in [2.75, 3.05) is 0 Å². The summed E-state index contributed by atoms with van der Waals surface area (Å²) in [6.45, 7) is 1.80. The van der Waals surface area contributed by atoms with Crippen LogP contribution in [0.5, 0.6) is 0 Å². The van der Waals surface area contributed by atoms with E-state index in [-0.39, 0.29) is 17.3 Å². The SMILES string of the molecule is Cc1ccc(/C=C(\C#N)C2=NC(=O)C3C=C(Cl)C=CC3=N2)o1. The lowest BCUT2D eigenvalue weighted by Gasteiger charge is -2.18. The molecule has 6 heteroatoms. The minimum absolute atomic E-state index is 0.0869. The van der Waals surface area contributed by atoms with E-state index >= 15 is 0 Å². The van der Waals surface area contributed by atoms with Gasteiger partial charge in [0.2, 0.25) is 0 Å². The van der Waals surface area contributed by atoms with E-state index in [2.05, 4.69) is 9.98 Å². The van der Waals surface area contributed by atoms with Crippen LogP contribution in [0.15, 0.2) is 55.4 Å². The van der Waals surface area contributed by atoms with Crippen LogP contribution < -0.4 is 0 Å². The zero-order chi connectivity index (χ0) is 15.7. The van der Waals surface area contributed by atoms with Crippen LogP contribution in [-0.4, -0.2) is 17.5 Å². The molecular formula is C16H10ClN3O2. The molecule has 1 unspecified atom stereocenters. The predicted molar refractivity (Wildman–Crippen MR) is 83.5 cm³/mol.